The van der Waals surface area contributed by atoms with Gasteiger partial charge in [0.2, 0.25) is 5.60 Å². The molecule has 0 amide bonds. The third-order valence-corrected chi connectivity index (χ3v) is 3.91. The molecular formula is C13H13N5O4. The van der Waals surface area contributed by atoms with Crippen LogP contribution in [0.2, 0.25) is 0 Å². The first-order valence-electron chi connectivity index (χ1n) is 6.51. The molecule has 1 saturated heterocycles. The van der Waals surface area contributed by atoms with E-state index in [2.05, 4.69) is 10.1 Å². The van der Waals surface area contributed by atoms with Crippen LogP contribution in [0.1, 0.15) is 5.69 Å². The fraction of sp³-hybridized carbons (Fsp3) is 0.385. The van der Waals surface area contributed by atoms with Gasteiger partial charge in [0, 0.05) is 0 Å². The van der Waals surface area contributed by atoms with Crippen LogP contribution in [0, 0.1) is 17.2 Å². The van der Waals surface area contributed by atoms with E-state index in [-0.39, 0.29) is 11.5 Å². The number of rotatable bonds is 3. The molecule has 3 rings (SSSR count). The molecule has 0 aromatic carbocycles. The fourth-order valence-electron chi connectivity index (χ4n) is 2.80. The third-order valence-electron chi connectivity index (χ3n) is 3.91. The maximum atomic E-state index is 11.4. The molecule has 22 heavy (non-hydrogen) atoms. The van der Waals surface area contributed by atoms with Crippen LogP contribution in [-0.4, -0.2) is 49.9 Å². The summed E-state index contributed by atoms with van der Waals surface area (Å²) in [5.41, 5.74) is 4.67. The van der Waals surface area contributed by atoms with E-state index in [0.717, 1.165) is 0 Å². The summed E-state index contributed by atoms with van der Waals surface area (Å²) in [4.78, 5) is 15.3. The van der Waals surface area contributed by atoms with Crippen LogP contribution in [0.5, 0.6) is 0 Å². The Morgan fingerprint density at radius 2 is 2.36 bits per heavy atom. The van der Waals surface area contributed by atoms with Crippen LogP contribution in [-0.2, 0) is 15.1 Å². The van der Waals surface area contributed by atoms with E-state index in [0.29, 0.717) is 11.8 Å². The summed E-state index contributed by atoms with van der Waals surface area (Å²) < 4.78 is 6.88. The van der Waals surface area contributed by atoms with E-state index in [1.165, 1.54) is 16.9 Å². The van der Waals surface area contributed by atoms with E-state index in [1.54, 1.807) is 6.07 Å². The number of carbonyl (C=O) groups is 1. The molecule has 0 spiro atoms. The van der Waals surface area contributed by atoms with Crippen molar-refractivity contribution in [3.05, 3.63) is 24.2 Å². The summed E-state index contributed by atoms with van der Waals surface area (Å²) >= 11 is 0. The Morgan fingerprint density at radius 1 is 1.59 bits per heavy atom. The molecule has 2 aromatic rings. The Hall–Kier alpha value is -2.54. The number of ether oxygens (including phenoxy) is 1. The lowest BCUT2D eigenvalue weighted by Gasteiger charge is -2.24. The average molecular weight is 303 g/mol. The van der Waals surface area contributed by atoms with Crippen molar-refractivity contribution in [2.24, 2.45) is 5.92 Å². The predicted molar refractivity (Wildman–Crippen MR) is 72.2 cm³/mol. The molecule has 9 heteroatoms. The van der Waals surface area contributed by atoms with Gasteiger partial charge < -0.3 is 25.5 Å². The zero-order chi connectivity index (χ0) is 15.9. The van der Waals surface area contributed by atoms with Gasteiger partial charge in [-0.15, -0.1) is 0 Å². The largest absolute Gasteiger partial charge is 0.394 e. The van der Waals surface area contributed by atoms with Gasteiger partial charge in [0.15, 0.2) is 5.82 Å². The molecule has 0 unspecified atom stereocenters. The highest BCUT2D eigenvalue weighted by molar-refractivity contribution is 5.67. The van der Waals surface area contributed by atoms with Crippen LogP contribution >= 0.6 is 0 Å². The number of nitrogens with two attached hydrogens (primary N) is 1. The van der Waals surface area contributed by atoms with Gasteiger partial charge in [-0.3, -0.25) is 0 Å². The summed E-state index contributed by atoms with van der Waals surface area (Å²) in [6.45, 7) is -0.518. The minimum absolute atomic E-state index is 0.203. The van der Waals surface area contributed by atoms with E-state index in [9.17, 15) is 20.3 Å². The molecule has 4 atom stereocenters. The van der Waals surface area contributed by atoms with Crippen molar-refractivity contribution in [3.8, 4) is 6.07 Å². The molecule has 1 fully saturated rings. The lowest BCUT2D eigenvalue weighted by molar-refractivity contribution is -0.117. The molecule has 0 bridgehead atoms. The van der Waals surface area contributed by atoms with Crippen molar-refractivity contribution in [1.29, 1.82) is 5.26 Å². The number of anilines is 1. The van der Waals surface area contributed by atoms with Crippen molar-refractivity contribution in [1.82, 2.24) is 14.6 Å². The van der Waals surface area contributed by atoms with Gasteiger partial charge in [0.25, 0.3) is 0 Å². The lowest BCUT2D eigenvalue weighted by atomic mass is 9.84. The highest BCUT2D eigenvalue weighted by Gasteiger charge is 2.57. The van der Waals surface area contributed by atoms with Gasteiger partial charge in [-0.2, -0.15) is 10.4 Å². The molecule has 3 heterocycles. The number of aliphatic hydroxyl groups excluding tert-OH is 2. The molecule has 2 aromatic heterocycles. The van der Waals surface area contributed by atoms with E-state index < -0.39 is 30.3 Å². The first-order chi connectivity index (χ1) is 10.6. The van der Waals surface area contributed by atoms with Crippen LogP contribution in [0.4, 0.5) is 5.82 Å². The number of aldehydes is 1. The smallest absolute Gasteiger partial charge is 0.208 e. The molecule has 9 nitrogen and oxygen atoms in total. The molecule has 0 radical (unpaired) electrons. The predicted octanol–water partition coefficient (Wildman–Crippen LogP) is -1.40. The Morgan fingerprint density at radius 3 is 3.00 bits per heavy atom. The standard InChI is InChI=1S/C13H13N5O4/c14-5-13(7(3-19)11(21)9(4-20)22-13)10-2-1-8-12(15)16-6-17-18(8)10/h1-3,6-7,9,11,20-21H,4H2,(H2,15,16,17)/t7-,9-,11+,13-/m1/s1. The minimum atomic E-state index is -1.76. The van der Waals surface area contributed by atoms with Crippen molar-refractivity contribution >= 4 is 17.6 Å². The zero-order valence-corrected chi connectivity index (χ0v) is 11.3. The Bertz CT molecular complexity index is 769. The summed E-state index contributed by atoms with van der Waals surface area (Å²) in [6, 6.07) is 5.07. The van der Waals surface area contributed by atoms with E-state index >= 15 is 0 Å². The number of nitrogens with zero attached hydrogens (tertiary/aromatic N) is 4. The van der Waals surface area contributed by atoms with Gasteiger partial charge in [-0.05, 0) is 12.1 Å². The molecule has 114 valence electrons. The van der Waals surface area contributed by atoms with Crippen LogP contribution in [0.15, 0.2) is 18.5 Å². The van der Waals surface area contributed by atoms with Crippen molar-refractivity contribution < 1.29 is 19.7 Å². The number of aliphatic hydroxyl groups is 2. The highest BCUT2D eigenvalue weighted by Crippen LogP contribution is 2.43. The molecular weight excluding hydrogens is 290 g/mol. The van der Waals surface area contributed by atoms with Crippen LogP contribution in [0.25, 0.3) is 5.52 Å². The van der Waals surface area contributed by atoms with Gasteiger partial charge >= 0.3 is 0 Å². The molecule has 0 aliphatic carbocycles. The van der Waals surface area contributed by atoms with Crippen molar-refractivity contribution in [3.63, 3.8) is 0 Å². The number of carbonyl (C=O) groups excluding carboxylic acids is 1. The summed E-state index contributed by atoms with van der Waals surface area (Å²) in [7, 11) is 0. The van der Waals surface area contributed by atoms with Gasteiger partial charge in [-0.1, -0.05) is 0 Å². The summed E-state index contributed by atoms with van der Waals surface area (Å²) in [5, 5.41) is 33.0. The monoisotopic (exact) mass is 303 g/mol. The van der Waals surface area contributed by atoms with Gasteiger partial charge in [0.1, 0.15) is 30.3 Å². The number of fused-ring (bicyclic) bond motifs is 1. The number of nitrogen functional groups attached to an aromatic ring is 1. The van der Waals surface area contributed by atoms with Crippen LogP contribution < -0.4 is 5.73 Å². The average Bonchev–Trinajstić information content (AvgIpc) is 3.07. The molecule has 0 saturated carbocycles. The lowest BCUT2D eigenvalue weighted by Crippen LogP contribution is -2.37. The summed E-state index contributed by atoms with van der Waals surface area (Å²) in [5.74, 6) is -0.960. The fourth-order valence-corrected chi connectivity index (χ4v) is 2.80. The van der Waals surface area contributed by atoms with Gasteiger partial charge in [-0.25, -0.2) is 9.50 Å². The maximum Gasteiger partial charge on any atom is 0.208 e. The zero-order valence-electron chi connectivity index (χ0n) is 11.3. The Balaban J connectivity index is 2.23. The van der Waals surface area contributed by atoms with Crippen molar-refractivity contribution in [2.45, 2.75) is 17.8 Å². The number of hydrogen-bond donors (Lipinski definition) is 3. The van der Waals surface area contributed by atoms with Crippen molar-refractivity contribution in [2.75, 3.05) is 12.3 Å². The first-order valence-corrected chi connectivity index (χ1v) is 6.51. The van der Waals surface area contributed by atoms with E-state index in [1.807, 2.05) is 6.07 Å². The van der Waals surface area contributed by atoms with Crippen LogP contribution in [0.3, 0.4) is 0 Å². The topological polar surface area (TPSA) is 147 Å². The Kier molecular flexibility index (Phi) is 3.29. The Labute approximate surface area is 124 Å². The molecule has 1 aliphatic heterocycles. The number of aromatic nitrogens is 3. The number of hydrogen-bond acceptors (Lipinski definition) is 8. The summed E-state index contributed by atoms with van der Waals surface area (Å²) in [6.07, 6.45) is -0.679. The molecule has 1 aliphatic rings. The van der Waals surface area contributed by atoms with E-state index in [4.69, 9.17) is 10.5 Å². The minimum Gasteiger partial charge on any atom is -0.394 e. The molecule has 4 N–H and O–H groups in total. The number of nitriles is 1. The second-order valence-electron chi connectivity index (χ2n) is 5.00. The third kappa shape index (κ3) is 1.72. The quantitative estimate of drug-likeness (QED) is 0.586. The first kappa shape index (κ1) is 14.4. The second-order valence-corrected chi connectivity index (χ2v) is 5.00. The maximum absolute atomic E-state index is 11.4. The highest BCUT2D eigenvalue weighted by atomic mass is 16.5. The normalized spacial score (nSPS) is 31.2. The van der Waals surface area contributed by atoms with Gasteiger partial charge in [0.05, 0.1) is 24.3 Å². The SMILES string of the molecule is N#C[C@@]1(c2ccc3c(N)ncnn23)O[C@H](CO)[C@@H](O)[C@H]1C=O. The second kappa shape index (κ2) is 5.03.